The van der Waals surface area contributed by atoms with Crippen LogP contribution in [0, 0.1) is 0 Å². The summed E-state index contributed by atoms with van der Waals surface area (Å²) in [5.41, 5.74) is 5.67. The third-order valence-electron chi connectivity index (χ3n) is 2.80. The second-order valence-corrected chi connectivity index (χ2v) is 4.75. The molecule has 0 bridgehead atoms. The number of nitrogens with two attached hydrogens (primary N) is 1. The summed E-state index contributed by atoms with van der Waals surface area (Å²) < 4.78 is 0. The molecular formula is C14H31IN4O. The summed E-state index contributed by atoms with van der Waals surface area (Å²) in [5.74, 6) is 0.284. The number of nitrogens with one attached hydrogen (secondary N) is 2. The third kappa shape index (κ3) is 15.5. The molecular weight excluding hydrogens is 367 g/mol. The molecule has 0 radical (unpaired) electrons. The van der Waals surface area contributed by atoms with Crippen LogP contribution in [0.25, 0.3) is 0 Å². The van der Waals surface area contributed by atoms with Gasteiger partial charge in [0.2, 0.25) is 5.91 Å². The number of carbonyl (C=O) groups excluding carboxylic acids is 1. The fourth-order valence-corrected chi connectivity index (χ4v) is 1.65. The van der Waals surface area contributed by atoms with Crippen molar-refractivity contribution in [3.63, 3.8) is 0 Å². The van der Waals surface area contributed by atoms with Crippen LogP contribution in [-0.4, -0.2) is 31.5 Å². The van der Waals surface area contributed by atoms with Gasteiger partial charge < -0.3 is 16.4 Å². The number of aliphatic imine (C=N–C) groups is 1. The minimum absolute atomic E-state index is 0. The van der Waals surface area contributed by atoms with E-state index >= 15 is 0 Å². The normalized spacial score (nSPS) is 10.8. The molecule has 1 amide bonds. The molecule has 6 heteroatoms. The lowest BCUT2D eigenvalue weighted by Gasteiger charge is -2.06. The van der Waals surface area contributed by atoms with Crippen LogP contribution in [0.2, 0.25) is 0 Å². The first-order valence-electron chi connectivity index (χ1n) is 7.51. The van der Waals surface area contributed by atoms with Crippen molar-refractivity contribution in [2.45, 2.75) is 58.8 Å². The van der Waals surface area contributed by atoms with E-state index in [9.17, 15) is 4.79 Å². The lowest BCUT2D eigenvalue weighted by molar-refractivity contribution is -0.119. The van der Waals surface area contributed by atoms with Crippen LogP contribution in [0.5, 0.6) is 0 Å². The summed E-state index contributed by atoms with van der Waals surface area (Å²) in [6.07, 6.45) is 8.45. The van der Waals surface area contributed by atoms with Crippen molar-refractivity contribution in [3.8, 4) is 0 Å². The molecule has 0 saturated heterocycles. The van der Waals surface area contributed by atoms with Gasteiger partial charge in [0.15, 0.2) is 5.96 Å². The van der Waals surface area contributed by atoms with Gasteiger partial charge in [-0.3, -0.25) is 4.79 Å². The van der Waals surface area contributed by atoms with Crippen molar-refractivity contribution in [3.05, 3.63) is 0 Å². The molecule has 0 aliphatic rings. The Morgan fingerprint density at radius 2 is 1.60 bits per heavy atom. The van der Waals surface area contributed by atoms with Crippen LogP contribution in [0.3, 0.4) is 0 Å². The molecule has 0 aliphatic heterocycles. The van der Waals surface area contributed by atoms with Crippen LogP contribution >= 0.6 is 24.0 Å². The number of unbranched alkanes of at least 4 members (excludes halogenated alkanes) is 5. The second kappa shape index (κ2) is 16.5. The number of guanidine groups is 1. The van der Waals surface area contributed by atoms with Gasteiger partial charge in [0.1, 0.15) is 6.54 Å². The lowest BCUT2D eigenvalue weighted by atomic mass is 10.1. The van der Waals surface area contributed by atoms with Gasteiger partial charge in [0, 0.05) is 13.1 Å². The first-order valence-corrected chi connectivity index (χ1v) is 7.51. The summed E-state index contributed by atoms with van der Waals surface area (Å²) in [4.78, 5) is 15.3. The topological polar surface area (TPSA) is 79.5 Å². The van der Waals surface area contributed by atoms with Gasteiger partial charge in [0.25, 0.3) is 0 Å². The average Bonchev–Trinajstić information content (AvgIpc) is 2.41. The van der Waals surface area contributed by atoms with E-state index in [1.54, 1.807) is 0 Å². The number of rotatable bonds is 11. The molecule has 0 aromatic heterocycles. The Morgan fingerprint density at radius 1 is 0.950 bits per heavy atom. The van der Waals surface area contributed by atoms with Gasteiger partial charge in [-0.15, -0.1) is 24.0 Å². The first-order chi connectivity index (χ1) is 9.20. The van der Waals surface area contributed by atoms with Crippen molar-refractivity contribution in [2.24, 2.45) is 10.7 Å². The predicted octanol–water partition coefficient (Wildman–Crippen LogP) is 2.40. The van der Waals surface area contributed by atoms with E-state index in [0.29, 0.717) is 12.5 Å². The fraction of sp³-hybridized carbons (Fsp3) is 0.857. The van der Waals surface area contributed by atoms with Gasteiger partial charge in [-0.2, -0.15) is 0 Å². The summed E-state index contributed by atoms with van der Waals surface area (Å²) in [6.45, 7) is 5.86. The lowest BCUT2D eigenvalue weighted by Crippen LogP contribution is -2.34. The predicted molar refractivity (Wildman–Crippen MR) is 96.6 cm³/mol. The molecule has 20 heavy (non-hydrogen) atoms. The molecule has 0 spiro atoms. The average molecular weight is 398 g/mol. The van der Waals surface area contributed by atoms with Crippen LogP contribution in [-0.2, 0) is 4.79 Å². The minimum atomic E-state index is -0.0776. The standard InChI is InChI=1S/C14H30N4O.HI/c1-3-5-6-7-8-9-11-17-14(15)18-12-13(19)16-10-4-2;/h3-12H2,1-2H3,(H,16,19)(H3,15,17,18);1H. The van der Waals surface area contributed by atoms with Crippen molar-refractivity contribution < 1.29 is 4.79 Å². The Bertz CT molecular complexity index is 260. The molecule has 0 aromatic carbocycles. The van der Waals surface area contributed by atoms with Gasteiger partial charge in [-0.25, -0.2) is 4.99 Å². The number of hydrogen-bond acceptors (Lipinski definition) is 2. The largest absolute Gasteiger partial charge is 0.370 e. The van der Waals surface area contributed by atoms with E-state index in [2.05, 4.69) is 22.5 Å². The van der Waals surface area contributed by atoms with Crippen molar-refractivity contribution in [2.75, 3.05) is 19.6 Å². The number of nitrogens with zero attached hydrogens (tertiary/aromatic N) is 1. The van der Waals surface area contributed by atoms with Crippen LogP contribution in [0.15, 0.2) is 4.99 Å². The molecule has 0 saturated carbocycles. The Labute approximate surface area is 140 Å². The van der Waals surface area contributed by atoms with Gasteiger partial charge in [-0.1, -0.05) is 46.0 Å². The molecule has 120 valence electrons. The quantitative estimate of drug-likeness (QED) is 0.216. The highest BCUT2D eigenvalue weighted by molar-refractivity contribution is 14.0. The molecule has 0 atom stereocenters. The molecule has 5 nitrogen and oxygen atoms in total. The summed E-state index contributed by atoms with van der Waals surface area (Å²) >= 11 is 0. The van der Waals surface area contributed by atoms with Gasteiger partial charge in [-0.05, 0) is 12.8 Å². The summed E-state index contributed by atoms with van der Waals surface area (Å²) in [7, 11) is 0. The molecule has 0 unspecified atom stereocenters. The highest BCUT2D eigenvalue weighted by atomic mass is 127. The number of carbonyl (C=O) groups is 1. The van der Waals surface area contributed by atoms with Gasteiger partial charge >= 0.3 is 0 Å². The number of halogens is 1. The number of hydrogen-bond donors (Lipinski definition) is 3. The smallest absolute Gasteiger partial charge is 0.241 e. The van der Waals surface area contributed by atoms with Crippen LogP contribution < -0.4 is 16.4 Å². The maximum Gasteiger partial charge on any atom is 0.241 e. The maximum atomic E-state index is 11.3. The Hall–Kier alpha value is -0.530. The summed E-state index contributed by atoms with van der Waals surface area (Å²) in [6, 6.07) is 0. The number of amides is 1. The van der Waals surface area contributed by atoms with Crippen molar-refractivity contribution >= 4 is 35.8 Å². The first kappa shape index (κ1) is 21.8. The van der Waals surface area contributed by atoms with E-state index in [-0.39, 0.29) is 36.4 Å². The molecule has 0 fully saturated rings. The zero-order valence-electron chi connectivity index (χ0n) is 12.9. The highest BCUT2D eigenvalue weighted by Gasteiger charge is 1.98. The van der Waals surface area contributed by atoms with Crippen LogP contribution in [0.1, 0.15) is 58.8 Å². The van der Waals surface area contributed by atoms with Crippen molar-refractivity contribution in [1.29, 1.82) is 0 Å². The van der Waals surface area contributed by atoms with Gasteiger partial charge in [0.05, 0.1) is 0 Å². The monoisotopic (exact) mass is 398 g/mol. The van der Waals surface area contributed by atoms with E-state index in [1.165, 1.54) is 32.1 Å². The Kier molecular flexibility index (Phi) is 18.0. The molecule has 0 rings (SSSR count). The maximum absolute atomic E-state index is 11.3. The van der Waals surface area contributed by atoms with E-state index < -0.39 is 0 Å². The Morgan fingerprint density at radius 3 is 2.25 bits per heavy atom. The summed E-state index contributed by atoms with van der Waals surface area (Å²) in [5, 5.41) is 5.79. The fourth-order valence-electron chi connectivity index (χ4n) is 1.65. The third-order valence-corrected chi connectivity index (χ3v) is 2.80. The Balaban J connectivity index is 0. The molecule has 4 N–H and O–H groups in total. The van der Waals surface area contributed by atoms with Crippen molar-refractivity contribution in [1.82, 2.24) is 10.6 Å². The van der Waals surface area contributed by atoms with E-state index in [1.807, 2.05) is 6.92 Å². The molecule has 0 heterocycles. The highest BCUT2D eigenvalue weighted by Crippen LogP contribution is 2.03. The zero-order valence-corrected chi connectivity index (χ0v) is 15.2. The zero-order chi connectivity index (χ0) is 14.3. The SMILES string of the molecule is CCCCCCCCNC(N)=NCC(=O)NCCC.I. The van der Waals surface area contributed by atoms with E-state index in [0.717, 1.165) is 19.4 Å². The van der Waals surface area contributed by atoms with Crippen LogP contribution in [0.4, 0.5) is 0 Å². The van der Waals surface area contributed by atoms with E-state index in [4.69, 9.17) is 5.73 Å². The molecule has 0 aromatic rings. The second-order valence-electron chi connectivity index (χ2n) is 4.75. The minimum Gasteiger partial charge on any atom is -0.370 e. The molecule has 0 aliphatic carbocycles.